The first-order valence-corrected chi connectivity index (χ1v) is 7.76. The molecule has 0 amide bonds. The summed E-state index contributed by atoms with van der Waals surface area (Å²) >= 11 is 5.53. The number of nitrogens with zero attached hydrogens (tertiary/aromatic N) is 1. The summed E-state index contributed by atoms with van der Waals surface area (Å²) in [5.41, 5.74) is 1.17. The lowest BCUT2D eigenvalue weighted by Crippen LogP contribution is -2.28. The summed E-state index contributed by atoms with van der Waals surface area (Å²) in [5.74, 6) is 0. The number of thioether (sulfide) groups is 1. The third-order valence-electron chi connectivity index (χ3n) is 3.09. The monoisotopic (exact) mass is 300 g/mol. The number of aromatic nitrogens is 1. The number of hydrogen-bond donors (Lipinski definition) is 1. The van der Waals surface area contributed by atoms with Crippen molar-refractivity contribution in [3.8, 4) is 0 Å². The smallest absolute Gasteiger partial charge is 0.0590 e. The Morgan fingerprint density at radius 1 is 1.50 bits per heavy atom. The second kappa shape index (κ2) is 5.92. The summed E-state index contributed by atoms with van der Waals surface area (Å²) in [5, 5.41) is 4.44. The topological polar surface area (TPSA) is 24.9 Å². The second-order valence-electron chi connectivity index (χ2n) is 4.22. The van der Waals surface area contributed by atoms with Gasteiger partial charge in [0.15, 0.2) is 0 Å². The van der Waals surface area contributed by atoms with Crippen molar-refractivity contribution in [3.63, 3.8) is 0 Å². The van der Waals surface area contributed by atoms with E-state index in [0.717, 1.165) is 9.72 Å². The van der Waals surface area contributed by atoms with Crippen LogP contribution in [0, 0.1) is 0 Å². The summed E-state index contributed by atoms with van der Waals surface area (Å²) in [6.07, 6.45) is 11.2. The van der Waals surface area contributed by atoms with Gasteiger partial charge in [0.1, 0.15) is 0 Å². The lowest BCUT2D eigenvalue weighted by molar-refractivity contribution is 0.473. The van der Waals surface area contributed by atoms with Gasteiger partial charge in [-0.15, -0.1) is 0 Å². The summed E-state index contributed by atoms with van der Waals surface area (Å²) in [7, 11) is 0. The third-order valence-corrected chi connectivity index (χ3v) is 4.82. The Hall–Kier alpha value is -0.220. The molecule has 1 aromatic heterocycles. The van der Waals surface area contributed by atoms with Gasteiger partial charge in [-0.05, 0) is 47.5 Å². The van der Waals surface area contributed by atoms with E-state index in [1.54, 1.807) is 0 Å². The highest BCUT2D eigenvalue weighted by Crippen LogP contribution is 2.30. The van der Waals surface area contributed by atoms with Gasteiger partial charge in [-0.25, -0.2) is 0 Å². The molecule has 0 aromatic carbocycles. The Bertz CT molecular complexity index is 346. The van der Waals surface area contributed by atoms with E-state index in [4.69, 9.17) is 0 Å². The van der Waals surface area contributed by atoms with Crippen LogP contribution in [0.4, 0.5) is 5.69 Å². The first-order chi connectivity index (χ1) is 7.79. The molecule has 1 aliphatic carbocycles. The predicted molar refractivity (Wildman–Crippen MR) is 75.1 cm³/mol. The fourth-order valence-corrected chi connectivity index (χ4v) is 3.39. The molecule has 0 aliphatic heterocycles. The van der Waals surface area contributed by atoms with Crippen molar-refractivity contribution < 1.29 is 0 Å². The molecule has 1 N–H and O–H groups in total. The molecule has 0 spiro atoms. The van der Waals surface area contributed by atoms with E-state index < -0.39 is 0 Å². The summed E-state index contributed by atoms with van der Waals surface area (Å²) in [4.78, 5) is 4.08. The Morgan fingerprint density at radius 3 is 3.12 bits per heavy atom. The molecular weight excluding hydrogens is 284 g/mol. The molecule has 4 heteroatoms. The molecule has 0 saturated heterocycles. The van der Waals surface area contributed by atoms with E-state index in [1.165, 1.54) is 31.4 Å². The highest BCUT2D eigenvalue weighted by Gasteiger charge is 2.21. The second-order valence-corrected chi connectivity index (χ2v) is 6.21. The van der Waals surface area contributed by atoms with Gasteiger partial charge in [0.2, 0.25) is 0 Å². The minimum absolute atomic E-state index is 0.616. The molecule has 2 nitrogen and oxygen atoms in total. The normalized spacial score (nSPS) is 25.4. The zero-order valence-electron chi connectivity index (χ0n) is 9.45. The molecule has 0 radical (unpaired) electrons. The van der Waals surface area contributed by atoms with Crippen LogP contribution in [-0.2, 0) is 0 Å². The molecule has 1 aromatic rings. The maximum atomic E-state index is 4.08. The largest absolute Gasteiger partial charge is 0.381 e. The highest BCUT2D eigenvalue weighted by atomic mass is 79.9. The predicted octanol–water partition coefficient (Wildman–Crippen LogP) is 3.93. The average molecular weight is 301 g/mol. The SMILES string of the molecule is CSC1CCCC(Nc2ccncc2Br)C1. The summed E-state index contributed by atoms with van der Waals surface area (Å²) in [6, 6.07) is 2.65. The number of pyridine rings is 1. The molecule has 1 aliphatic rings. The Morgan fingerprint density at radius 2 is 2.38 bits per heavy atom. The number of nitrogens with one attached hydrogen (secondary N) is 1. The van der Waals surface area contributed by atoms with Crippen LogP contribution in [0.3, 0.4) is 0 Å². The fraction of sp³-hybridized carbons (Fsp3) is 0.583. The van der Waals surface area contributed by atoms with Crippen LogP contribution in [-0.4, -0.2) is 22.5 Å². The van der Waals surface area contributed by atoms with E-state index in [2.05, 4.69) is 32.5 Å². The minimum Gasteiger partial charge on any atom is -0.381 e. The van der Waals surface area contributed by atoms with Crippen molar-refractivity contribution in [2.45, 2.75) is 37.0 Å². The zero-order chi connectivity index (χ0) is 11.4. The van der Waals surface area contributed by atoms with Gasteiger partial charge in [-0.2, -0.15) is 11.8 Å². The fourth-order valence-electron chi connectivity index (χ4n) is 2.20. The van der Waals surface area contributed by atoms with Gasteiger partial charge in [0.05, 0.1) is 10.2 Å². The molecular formula is C12H17BrN2S. The van der Waals surface area contributed by atoms with Crippen molar-refractivity contribution in [2.24, 2.45) is 0 Å². The van der Waals surface area contributed by atoms with Crippen molar-refractivity contribution in [2.75, 3.05) is 11.6 Å². The van der Waals surface area contributed by atoms with Crippen molar-refractivity contribution >= 4 is 33.4 Å². The quantitative estimate of drug-likeness (QED) is 0.915. The van der Waals surface area contributed by atoms with Gasteiger partial charge in [0, 0.05) is 23.7 Å². The lowest BCUT2D eigenvalue weighted by Gasteiger charge is -2.29. The number of hydrogen-bond acceptors (Lipinski definition) is 3. The number of anilines is 1. The van der Waals surface area contributed by atoms with Gasteiger partial charge in [-0.1, -0.05) is 6.42 Å². The molecule has 1 fully saturated rings. The minimum atomic E-state index is 0.616. The van der Waals surface area contributed by atoms with E-state index in [0.29, 0.717) is 6.04 Å². The average Bonchev–Trinajstić information content (AvgIpc) is 2.32. The van der Waals surface area contributed by atoms with Crippen LogP contribution in [0.15, 0.2) is 22.9 Å². The van der Waals surface area contributed by atoms with Gasteiger partial charge in [0.25, 0.3) is 0 Å². The maximum Gasteiger partial charge on any atom is 0.0590 e. The van der Waals surface area contributed by atoms with E-state index in [1.807, 2.05) is 30.2 Å². The Labute approximate surface area is 110 Å². The maximum absolute atomic E-state index is 4.08. The van der Waals surface area contributed by atoms with Crippen LogP contribution >= 0.6 is 27.7 Å². The van der Waals surface area contributed by atoms with E-state index in [-0.39, 0.29) is 0 Å². The number of halogens is 1. The summed E-state index contributed by atoms with van der Waals surface area (Å²) in [6.45, 7) is 0. The van der Waals surface area contributed by atoms with Crippen molar-refractivity contribution in [3.05, 3.63) is 22.9 Å². The molecule has 1 saturated carbocycles. The zero-order valence-corrected chi connectivity index (χ0v) is 11.9. The van der Waals surface area contributed by atoms with E-state index >= 15 is 0 Å². The third kappa shape index (κ3) is 3.14. The van der Waals surface area contributed by atoms with Crippen LogP contribution in [0.5, 0.6) is 0 Å². The van der Waals surface area contributed by atoms with Gasteiger partial charge < -0.3 is 5.32 Å². The van der Waals surface area contributed by atoms with Gasteiger partial charge >= 0.3 is 0 Å². The Balaban J connectivity index is 1.97. The molecule has 2 rings (SSSR count). The van der Waals surface area contributed by atoms with Crippen LogP contribution in [0.1, 0.15) is 25.7 Å². The first-order valence-electron chi connectivity index (χ1n) is 5.68. The van der Waals surface area contributed by atoms with E-state index in [9.17, 15) is 0 Å². The molecule has 2 unspecified atom stereocenters. The standard InChI is InChI=1S/C12H17BrN2S/c1-16-10-4-2-3-9(7-10)15-12-5-6-14-8-11(12)13/h5-6,8-10H,2-4,7H2,1H3,(H,14,15). The van der Waals surface area contributed by atoms with Crippen molar-refractivity contribution in [1.29, 1.82) is 0 Å². The number of rotatable bonds is 3. The van der Waals surface area contributed by atoms with Crippen LogP contribution < -0.4 is 5.32 Å². The van der Waals surface area contributed by atoms with Crippen LogP contribution in [0.2, 0.25) is 0 Å². The molecule has 16 heavy (non-hydrogen) atoms. The van der Waals surface area contributed by atoms with Crippen molar-refractivity contribution in [1.82, 2.24) is 4.98 Å². The molecule has 1 heterocycles. The first kappa shape index (κ1) is 12.2. The highest BCUT2D eigenvalue weighted by molar-refractivity contribution is 9.10. The van der Waals surface area contributed by atoms with Gasteiger partial charge in [-0.3, -0.25) is 4.98 Å². The molecule has 2 atom stereocenters. The molecule has 88 valence electrons. The lowest BCUT2D eigenvalue weighted by atomic mass is 9.95. The Kier molecular flexibility index (Phi) is 4.53. The van der Waals surface area contributed by atoms with Crippen LogP contribution in [0.25, 0.3) is 0 Å². The summed E-state index contributed by atoms with van der Waals surface area (Å²) < 4.78 is 1.06. The molecule has 0 bridgehead atoms.